The number of aromatic nitrogens is 1. The van der Waals surface area contributed by atoms with E-state index in [2.05, 4.69) is 50.4 Å². The molecule has 2 fully saturated rings. The third kappa shape index (κ3) is 5.95. The molecule has 2 heterocycles. The summed E-state index contributed by atoms with van der Waals surface area (Å²) in [5.41, 5.74) is 1.69. The van der Waals surface area contributed by atoms with Crippen LogP contribution in [0.4, 0.5) is 5.82 Å². The van der Waals surface area contributed by atoms with Gasteiger partial charge < -0.3 is 20.4 Å². The number of halogens is 1. The first-order valence-corrected chi connectivity index (χ1v) is 10.5. The fourth-order valence-corrected chi connectivity index (χ4v) is 4.32. The molecule has 158 valence electrons. The van der Waals surface area contributed by atoms with E-state index in [0.29, 0.717) is 5.41 Å². The van der Waals surface area contributed by atoms with Crippen LogP contribution in [0, 0.1) is 5.41 Å². The van der Waals surface area contributed by atoms with Crippen molar-refractivity contribution in [3.63, 3.8) is 0 Å². The first-order valence-electron chi connectivity index (χ1n) is 10.5. The molecule has 1 aromatic heterocycles. The number of nitrogens with zero attached hydrogens (tertiary/aromatic N) is 4. The summed E-state index contributed by atoms with van der Waals surface area (Å²) in [6.07, 6.45) is 8.55. The van der Waals surface area contributed by atoms with Gasteiger partial charge in [-0.2, -0.15) is 0 Å². The first kappa shape index (κ1) is 23.2. The normalized spacial score (nSPS) is 20.0. The van der Waals surface area contributed by atoms with Crippen molar-refractivity contribution in [3.8, 4) is 0 Å². The van der Waals surface area contributed by atoms with Gasteiger partial charge in [-0.25, -0.2) is 4.98 Å². The van der Waals surface area contributed by atoms with E-state index in [1.54, 1.807) is 0 Å². The van der Waals surface area contributed by atoms with Crippen LogP contribution in [-0.4, -0.2) is 62.7 Å². The number of anilines is 1. The zero-order valence-corrected chi connectivity index (χ0v) is 20.0. The average molecular weight is 500 g/mol. The lowest BCUT2D eigenvalue weighted by Crippen LogP contribution is -2.45. The van der Waals surface area contributed by atoms with Gasteiger partial charge in [0.2, 0.25) is 0 Å². The van der Waals surface area contributed by atoms with Gasteiger partial charge >= 0.3 is 0 Å². The van der Waals surface area contributed by atoms with Crippen LogP contribution in [-0.2, 0) is 6.54 Å². The van der Waals surface area contributed by atoms with E-state index in [0.717, 1.165) is 51.0 Å². The maximum atomic E-state index is 4.67. The average Bonchev–Trinajstić information content (AvgIpc) is 3.18. The zero-order valence-electron chi connectivity index (χ0n) is 17.7. The van der Waals surface area contributed by atoms with Crippen molar-refractivity contribution in [1.82, 2.24) is 20.5 Å². The van der Waals surface area contributed by atoms with E-state index in [9.17, 15) is 0 Å². The predicted molar refractivity (Wildman–Crippen MR) is 129 cm³/mol. The molecule has 2 N–H and O–H groups in total. The molecule has 7 heteroatoms. The molecule has 1 saturated carbocycles. The number of rotatable bonds is 6. The number of piperazine rings is 1. The molecular weight excluding hydrogens is 463 g/mol. The third-order valence-corrected chi connectivity index (χ3v) is 6.39. The maximum Gasteiger partial charge on any atom is 0.191 e. The second-order valence-corrected chi connectivity index (χ2v) is 8.12. The van der Waals surface area contributed by atoms with Crippen LogP contribution in [0.25, 0.3) is 0 Å². The fourth-order valence-electron chi connectivity index (χ4n) is 4.32. The van der Waals surface area contributed by atoms with Crippen molar-refractivity contribution in [2.24, 2.45) is 10.4 Å². The summed E-state index contributed by atoms with van der Waals surface area (Å²) in [5.74, 6) is 2.00. The van der Waals surface area contributed by atoms with Crippen molar-refractivity contribution in [2.45, 2.75) is 45.6 Å². The van der Waals surface area contributed by atoms with Crippen molar-refractivity contribution in [1.29, 1.82) is 0 Å². The number of aliphatic imine (C=N–C) groups is 1. The summed E-state index contributed by atoms with van der Waals surface area (Å²) in [6, 6.07) is 4.20. The predicted octanol–water partition coefficient (Wildman–Crippen LogP) is 3.09. The number of nitrogens with one attached hydrogen (secondary N) is 2. The smallest absolute Gasteiger partial charge is 0.191 e. The Kier molecular flexibility index (Phi) is 9.27. The van der Waals surface area contributed by atoms with Crippen LogP contribution >= 0.6 is 24.0 Å². The standard InChI is InChI=1S/C21H36N6.HI/c1-4-21(9-5-6-10-21)17-25-20(22-2)24-16-18-8-7-11-23-19(18)27-14-12-26(3)13-15-27;/h7-8,11H,4-6,9-10,12-17H2,1-3H3,(H2,22,24,25);1H. The van der Waals surface area contributed by atoms with Gasteiger partial charge in [0, 0.05) is 58.1 Å². The van der Waals surface area contributed by atoms with Gasteiger partial charge in [0.05, 0.1) is 0 Å². The minimum atomic E-state index is 0. The van der Waals surface area contributed by atoms with Gasteiger partial charge in [0.25, 0.3) is 0 Å². The van der Waals surface area contributed by atoms with E-state index in [-0.39, 0.29) is 24.0 Å². The molecule has 2 aliphatic rings. The van der Waals surface area contributed by atoms with E-state index in [4.69, 9.17) is 0 Å². The van der Waals surface area contributed by atoms with Crippen LogP contribution in [0.2, 0.25) is 0 Å². The molecule has 0 atom stereocenters. The van der Waals surface area contributed by atoms with Crippen molar-refractivity contribution in [3.05, 3.63) is 23.9 Å². The molecule has 0 amide bonds. The lowest BCUT2D eigenvalue weighted by Gasteiger charge is -2.34. The number of hydrogen-bond acceptors (Lipinski definition) is 4. The Balaban J connectivity index is 0.00000280. The quantitative estimate of drug-likeness (QED) is 0.357. The SMILES string of the molecule is CCC1(CNC(=NC)NCc2cccnc2N2CCN(C)CC2)CCCC1.I. The largest absolute Gasteiger partial charge is 0.356 e. The van der Waals surface area contributed by atoms with Crippen LogP contribution in [0.5, 0.6) is 0 Å². The van der Waals surface area contributed by atoms with Crippen LogP contribution in [0.3, 0.4) is 0 Å². The number of pyridine rings is 1. The Bertz CT molecular complexity index is 621. The van der Waals surface area contributed by atoms with Gasteiger partial charge in [0.1, 0.15) is 5.82 Å². The summed E-state index contributed by atoms with van der Waals surface area (Å²) in [7, 11) is 4.04. The monoisotopic (exact) mass is 500 g/mol. The van der Waals surface area contributed by atoms with Gasteiger partial charge in [-0.15, -0.1) is 24.0 Å². The number of likely N-dealkylation sites (N-methyl/N-ethyl adjacent to an activating group) is 1. The highest BCUT2D eigenvalue weighted by atomic mass is 127. The second kappa shape index (κ2) is 11.2. The van der Waals surface area contributed by atoms with E-state index in [1.165, 1.54) is 37.7 Å². The Hall–Kier alpha value is -1.09. The highest BCUT2D eigenvalue weighted by Crippen LogP contribution is 2.40. The summed E-state index contributed by atoms with van der Waals surface area (Å²) in [4.78, 5) is 13.9. The third-order valence-electron chi connectivity index (χ3n) is 6.39. The lowest BCUT2D eigenvalue weighted by molar-refractivity contribution is 0.283. The Labute approximate surface area is 187 Å². The maximum absolute atomic E-state index is 4.67. The van der Waals surface area contributed by atoms with Crippen molar-refractivity contribution >= 4 is 35.8 Å². The number of guanidine groups is 1. The van der Waals surface area contributed by atoms with Gasteiger partial charge in [0.15, 0.2) is 5.96 Å². The molecule has 0 unspecified atom stereocenters. The minimum Gasteiger partial charge on any atom is -0.356 e. The minimum absolute atomic E-state index is 0. The van der Waals surface area contributed by atoms with Crippen LogP contribution in [0.15, 0.2) is 23.3 Å². The summed E-state index contributed by atoms with van der Waals surface area (Å²) < 4.78 is 0. The van der Waals surface area contributed by atoms with E-state index < -0.39 is 0 Å². The van der Waals surface area contributed by atoms with E-state index >= 15 is 0 Å². The molecule has 6 nitrogen and oxygen atoms in total. The summed E-state index contributed by atoms with van der Waals surface area (Å²) in [6.45, 7) is 8.33. The van der Waals surface area contributed by atoms with Gasteiger partial charge in [-0.05, 0) is 37.8 Å². The van der Waals surface area contributed by atoms with E-state index in [1.807, 2.05) is 19.3 Å². The van der Waals surface area contributed by atoms with Crippen LogP contribution in [0.1, 0.15) is 44.6 Å². The molecule has 0 aromatic carbocycles. The second-order valence-electron chi connectivity index (χ2n) is 8.12. The lowest BCUT2D eigenvalue weighted by atomic mass is 9.83. The molecule has 1 aliphatic carbocycles. The topological polar surface area (TPSA) is 55.8 Å². The number of hydrogen-bond donors (Lipinski definition) is 2. The molecule has 1 saturated heterocycles. The molecule has 1 aliphatic heterocycles. The molecule has 1 aromatic rings. The molecule has 0 bridgehead atoms. The highest BCUT2D eigenvalue weighted by Gasteiger charge is 2.31. The Morgan fingerprint density at radius 2 is 1.89 bits per heavy atom. The van der Waals surface area contributed by atoms with Crippen molar-refractivity contribution in [2.75, 3.05) is 51.7 Å². The first-order chi connectivity index (χ1) is 13.2. The van der Waals surface area contributed by atoms with Gasteiger partial charge in [-0.3, -0.25) is 4.99 Å². The Morgan fingerprint density at radius 3 is 2.54 bits per heavy atom. The summed E-state index contributed by atoms with van der Waals surface area (Å²) in [5, 5.41) is 7.08. The highest BCUT2D eigenvalue weighted by molar-refractivity contribution is 14.0. The Morgan fingerprint density at radius 1 is 1.18 bits per heavy atom. The summed E-state index contributed by atoms with van der Waals surface area (Å²) >= 11 is 0. The molecule has 28 heavy (non-hydrogen) atoms. The van der Waals surface area contributed by atoms with Crippen molar-refractivity contribution < 1.29 is 0 Å². The van der Waals surface area contributed by atoms with Gasteiger partial charge in [-0.1, -0.05) is 25.8 Å². The fraction of sp³-hybridized carbons (Fsp3) is 0.714. The molecule has 3 rings (SSSR count). The molecular formula is C21H37IN6. The zero-order chi connectivity index (χ0) is 19.1. The molecule has 0 spiro atoms. The van der Waals surface area contributed by atoms with Crippen LogP contribution < -0.4 is 15.5 Å². The molecule has 0 radical (unpaired) electrons.